The normalized spacial score (nSPS) is 11.2. The maximum atomic E-state index is 14.0. The molecule has 0 unspecified atom stereocenters. The van der Waals surface area contributed by atoms with E-state index in [4.69, 9.17) is 33.2 Å². The van der Waals surface area contributed by atoms with E-state index in [0.29, 0.717) is 90.0 Å². The number of nitrogens with zero attached hydrogens (tertiary/aromatic N) is 1. The summed E-state index contributed by atoms with van der Waals surface area (Å²) in [6.45, 7) is 7.63. The van der Waals surface area contributed by atoms with E-state index in [9.17, 15) is 33.6 Å². The van der Waals surface area contributed by atoms with E-state index >= 15 is 0 Å². The van der Waals surface area contributed by atoms with Gasteiger partial charge in [0, 0.05) is 25.7 Å². The van der Waals surface area contributed by atoms with Gasteiger partial charge in [0.1, 0.15) is 0 Å². The molecule has 15 heteroatoms. The predicted octanol–water partition coefficient (Wildman–Crippen LogP) is 10.2. The Bertz CT molecular complexity index is 1230. The van der Waals surface area contributed by atoms with Crippen LogP contribution in [-0.2, 0) is 66.7 Å². The smallest absolute Gasteiger partial charge is 0.351 e. The van der Waals surface area contributed by atoms with E-state index in [0.717, 1.165) is 96.3 Å². The van der Waals surface area contributed by atoms with Gasteiger partial charge < -0.3 is 38.1 Å². The van der Waals surface area contributed by atoms with Crippen molar-refractivity contribution in [3.05, 3.63) is 0 Å². The molecule has 0 radical (unpaired) electrons. The molecular weight excluding hydrogens is 851 g/mol. The molecule has 0 saturated heterocycles. The van der Waals surface area contributed by atoms with E-state index in [1.54, 1.807) is 0 Å². The van der Waals surface area contributed by atoms with Crippen LogP contribution in [0.25, 0.3) is 0 Å². The highest BCUT2D eigenvalue weighted by molar-refractivity contribution is 5.92. The molecule has 66 heavy (non-hydrogen) atoms. The first-order chi connectivity index (χ1) is 31.9. The zero-order chi connectivity index (χ0) is 48.9. The standard InChI is InChI=1S/C51H91NO14/c1-6-9-12-15-21-31-44(53)60-36-24-18-27-39-63-48(57)42-51(66-47(56)34-30-35-52(4)5,50(59)65-41-29-20-26-38-62-46(55)33-23-17-14-11-8-3)43-49(58)64-40-28-19-25-37-61-45(54)32-22-16-13-10-7-2/h6-43H2,1-5H3. The highest BCUT2D eigenvalue weighted by atomic mass is 16.6. The first-order valence-corrected chi connectivity index (χ1v) is 25.7. The second-order valence-electron chi connectivity index (χ2n) is 17.6. The fourth-order valence-electron chi connectivity index (χ4n) is 6.90. The maximum absolute atomic E-state index is 14.0. The molecule has 0 aromatic carbocycles. The maximum Gasteiger partial charge on any atom is 0.351 e. The minimum Gasteiger partial charge on any atom is -0.466 e. The van der Waals surface area contributed by atoms with Crippen LogP contribution in [0.4, 0.5) is 0 Å². The Morgan fingerprint density at radius 3 is 0.955 bits per heavy atom. The average Bonchev–Trinajstić information content (AvgIpc) is 3.27. The molecule has 0 N–H and O–H groups in total. The van der Waals surface area contributed by atoms with Crippen molar-refractivity contribution in [2.45, 2.75) is 225 Å². The van der Waals surface area contributed by atoms with Crippen molar-refractivity contribution in [2.75, 3.05) is 60.3 Å². The fourth-order valence-corrected chi connectivity index (χ4v) is 6.90. The minimum absolute atomic E-state index is 0.00569. The van der Waals surface area contributed by atoms with Crippen LogP contribution in [0.3, 0.4) is 0 Å². The summed E-state index contributed by atoms with van der Waals surface area (Å²) >= 11 is 0. The largest absolute Gasteiger partial charge is 0.466 e. The summed E-state index contributed by atoms with van der Waals surface area (Å²) in [5.41, 5.74) is -2.34. The molecule has 0 aliphatic heterocycles. The molecule has 0 amide bonds. The summed E-state index contributed by atoms with van der Waals surface area (Å²) in [5.74, 6) is -4.25. The Labute approximate surface area is 398 Å². The van der Waals surface area contributed by atoms with Gasteiger partial charge in [-0.15, -0.1) is 0 Å². The zero-order valence-electron chi connectivity index (χ0n) is 42.0. The summed E-state index contributed by atoms with van der Waals surface area (Å²) < 4.78 is 38.3. The van der Waals surface area contributed by atoms with Gasteiger partial charge in [-0.05, 0) is 104 Å². The second-order valence-corrected chi connectivity index (χ2v) is 17.6. The van der Waals surface area contributed by atoms with E-state index in [1.807, 2.05) is 19.0 Å². The predicted molar refractivity (Wildman–Crippen MR) is 253 cm³/mol. The van der Waals surface area contributed by atoms with Crippen molar-refractivity contribution < 1.29 is 66.7 Å². The van der Waals surface area contributed by atoms with Gasteiger partial charge in [-0.25, -0.2) is 4.79 Å². The number of rotatable bonds is 46. The van der Waals surface area contributed by atoms with Crippen molar-refractivity contribution in [1.29, 1.82) is 0 Å². The number of carbonyl (C=O) groups is 7. The molecule has 0 fully saturated rings. The number of carbonyl (C=O) groups excluding carboxylic acids is 7. The van der Waals surface area contributed by atoms with Crippen LogP contribution in [0.5, 0.6) is 0 Å². The number of ether oxygens (including phenoxy) is 7. The Kier molecular flexibility index (Phi) is 41.3. The van der Waals surface area contributed by atoms with Gasteiger partial charge in [0.15, 0.2) is 0 Å². The summed E-state index contributed by atoms with van der Waals surface area (Å²) in [4.78, 5) is 92.0. The van der Waals surface area contributed by atoms with Gasteiger partial charge in [-0.1, -0.05) is 97.8 Å². The summed E-state index contributed by atoms with van der Waals surface area (Å²) in [5, 5.41) is 0. The van der Waals surface area contributed by atoms with Crippen LogP contribution in [0, 0.1) is 0 Å². The van der Waals surface area contributed by atoms with E-state index in [-0.39, 0.29) is 64.0 Å². The molecule has 0 rings (SSSR count). The van der Waals surface area contributed by atoms with Crippen molar-refractivity contribution in [1.82, 2.24) is 4.90 Å². The Balaban J connectivity index is 5.47. The Morgan fingerprint density at radius 2 is 0.621 bits per heavy atom. The van der Waals surface area contributed by atoms with Gasteiger partial charge >= 0.3 is 41.8 Å². The monoisotopic (exact) mass is 942 g/mol. The molecule has 0 aliphatic carbocycles. The van der Waals surface area contributed by atoms with Crippen LogP contribution in [0.15, 0.2) is 0 Å². The third-order valence-corrected chi connectivity index (χ3v) is 10.9. The Morgan fingerprint density at radius 1 is 0.333 bits per heavy atom. The van der Waals surface area contributed by atoms with Gasteiger partial charge in [0.05, 0.1) is 52.5 Å². The molecule has 0 atom stereocenters. The number of hydrogen-bond donors (Lipinski definition) is 0. The number of hydrogen-bond acceptors (Lipinski definition) is 15. The van der Waals surface area contributed by atoms with Crippen molar-refractivity contribution in [3.63, 3.8) is 0 Å². The highest BCUT2D eigenvalue weighted by Crippen LogP contribution is 2.27. The lowest BCUT2D eigenvalue weighted by molar-refractivity contribution is -0.191. The third kappa shape index (κ3) is 38.4. The lowest BCUT2D eigenvalue weighted by Gasteiger charge is -2.30. The molecule has 384 valence electrons. The molecule has 0 spiro atoms. The third-order valence-electron chi connectivity index (χ3n) is 10.9. The van der Waals surface area contributed by atoms with Crippen LogP contribution in [0.1, 0.15) is 220 Å². The fraction of sp³-hybridized carbons (Fsp3) is 0.863. The summed E-state index contributed by atoms with van der Waals surface area (Å²) in [6, 6.07) is 0. The summed E-state index contributed by atoms with van der Waals surface area (Å²) in [6.07, 6.45) is 20.4. The van der Waals surface area contributed by atoms with E-state index in [2.05, 4.69) is 20.8 Å². The highest BCUT2D eigenvalue weighted by Gasteiger charge is 2.49. The minimum atomic E-state index is -2.34. The first-order valence-electron chi connectivity index (χ1n) is 25.7. The molecule has 0 heterocycles. The molecule has 0 aromatic heterocycles. The SMILES string of the molecule is CCCCCCCC(=O)OCCCCCOC(=O)CC(CC(=O)OCCCCCOC(=O)CCCCCCC)(OC(=O)CCCN(C)C)C(=O)OCCCCCOC(=O)CCCCCCC. The Hall–Kier alpha value is -3.75. The second kappa shape index (κ2) is 43.8. The van der Waals surface area contributed by atoms with E-state index in [1.165, 1.54) is 0 Å². The quantitative estimate of drug-likeness (QED) is 0.0318. The van der Waals surface area contributed by atoms with E-state index < -0.39 is 42.3 Å². The topological polar surface area (TPSA) is 187 Å². The lowest BCUT2D eigenvalue weighted by atomic mass is 9.94. The zero-order valence-corrected chi connectivity index (χ0v) is 42.0. The average molecular weight is 942 g/mol. The van der Waals surface area contributed by atoms with Crippen LogP contribution >= 0.6 is 0 Å². The van der Waals surface area contributed by atoms with Crippen molar-refractivity contribution in [3.8, 4) is 0 Å². The number of unbranched alkanes of at least 4 members (excludes halogenated alkanes) is 18. The molecule has 0 bridgehead atoms. The molecule has 15 nitrogen and oxygen atoms in total. The molecular formula is C51H91NO14. The van der Waals surface area contributed by atoms with Crippen LogP contribution in [0.2, 0.25) is 0 Å². The van der Waals surface area contributed by atoms with Gasteiger partial charge in [-0.3, -0.25) is 28.8 Å². The van der Waals surface area contributed by atoms with Crippen LogP contribution in [-0.4, -0.2) is 113 Å². The van der Waals surface area contributed by atoms with Crippen LogP contribution < -0.4 is 0 Å². The van der Waals surface area contributed by atoms with Crippen molar-refractivity contribution >= 4 is 41.8 Å². The van der Waals surface area contributed by atoms with Gasteiger partial charge in [0.25, 0.3) is 0 Å². The molecule has 0 aromatic rings. The first kappa shape index (κ1) is 62.2. The van der Waals surface area contributed by atoms with Gasteiger partial charge in [0.2, 0.25) is 5.60 Å². The molecule has 0 aliphatic rings. The lowest BCUT2D eigenvalue weighted by Crippen LogP contribution is -2.49. The molecule has 0 saturated carbocycles. The number of esters is 7. The summed E-state index contributed by atoms with van der Waals surface area (Å²) in [7, 11) is 3.70. The van der Waals surface area contributed by atoms with Crippen molar-refractivity contribution in [2.24, 2.45) is 0 Å². The van der Waals surface area contributed by atoms with Gasteiger partial charge in [-0.2, -0.15) is 0 Å².